The van der Waals surface area contributed by atoms with Crippen LogP contribution in [-0.4, -0.2) is 29.3 Å². The summed E-state index contributed by atoms with van der Waals surface area (Å²) in [5.41, 5.74) is 2.95. The Hall–Kier alpha value is -0.510. The van der Waals surface area contributed by atoms with Gasteiger partial charge in [0.1, 0.15) is 0 Å². The summed E-state index contributed by atoms with van der Waals surface area (Å²) in [4.78, 5) is 0. The topological polar surface area (TPSA) is 32.3 Å². The number of hydrogen-bond acceptors (Lipinski definition) is 3. The average Bonchev–Trinajstić information content (AvgIpc) is 2.38. The molecule has 0 saturated heterocycles. The quantitative estimate of drug-likeness (QED) is 0.858. The summed E-state index contributed by atoms with van der Waals surface area (Å²) in [6, 6.07) is 9.21. The van der Waals surface area contributed by atoms with E-state index in [-0.39, 0.29) is 0 Å². The molecule has 100 valence electrons. The van der Waals surface area contributed by atoms with E-state index >= 15 is 0 Å². The number of rotatable bonds is 5. The predicted octanol–water partition coefficient (Wildman–Crippen LogP) is 2.77. The Morgan fingerprint density at radius 3 is 2.94 bits per heavy atom. The highest BCUT2D eigenvalue weighted by Crippen LogP contribution is 2.38. The van der Waals surface area contributed by atoms with Crippen molar-refractivity contribution in [2.45, 2.75) is 42.7 Å². The normalized spacial score (nSPS) is 24.6. The summed E-state index contributed by atoms with van der Waals surface area (Å²) in [5.74, 6) is 0. The van der Waals surface area contributed by atoms with Gasteiger partial charge in [-0.1, -0.05) is 31.2 Å². The first-order valence-corrected chi connectivity index (χ1v) is 7.72. The second kappa shape index (κ2) is 6.60. The molecular formula is C15H23NOS. The minimum absolute atomic E-state index is 0.293. The lowest BCUT2D eigenvalue weighted by atomic mass is 9.87. The van der Waals surface area contributed by atoms with E-state index in [0.29, 0.717) is 23.1 Å². The summed E-state index contributed by atoms with van der Waals surface area (Å²) in [5, 5.41) is 13.6. The maximum atomic E-state index is 9.02. The van der Waals surface area contributed by atoms with Crippen molar-refractivity contribution in [2.75, 3.05) is 13.7 Å². The fraction of sp³-hybridized carbons (Fsp3) is 0.600. The molecule has 0 aromatic heterocycles. The van der Waals surface area contributed by atoms with Gasteiger partial charge in [0.25, 0.3) is 0 Å². The maximum absolute atomic E-state index is 9.02. The highest BCUT2D eigenvalue weighted by Gasteiger charge is 2.29. The minimum atomic E-state index is 0.293. The van der Waals surface area contributed by atoms with Crippen molar-refractivity contribution in [1.29, 1.82) is 0 Å². The van der Waals surface area contributed by atoms with Gasteiger partial charge in [-0.05, 0) is 37.4 Å². The van der Waals surface area contributed by atoms with E-state index in [9.17, 15) is 0 Å². The fourth-order valence-electron chi connectivity index (χ4n) is 2.77. The Labute approximate surface area is 114 Å². The average molecular weight is 265 g/mol. The van der Waals surface area contributed by atoms with Crippen molar-refractivity contribution in [3.63, 3.8) is 0 Å². The zero-order valence-electron chi connectivity index (χ0n) is 11.2. The molecule has 1 aromatic rings. The van der Waals surface area contributed by atoms with Crippen LogP contribution in [0.3, 0.4) is 0 Å². The van der Waals surface area contributed by atoms with Crippen molar-refractivity contribution in [3.8, 4) is 0 Å². The number of aryl methyl sites for hydroxylation is 1. The number of aliphatic hydroxyl groups is 1. The van der Waals surface area contributed by atoms with Gasteiger partial charge in [-0.3, -0.25) is 0 Å². The zero-order chi connectivity index (χ0) is 13.0. The van der Waals surface area contributed by atoms with Gasteiger partial charge in [0.15, 0.2) is 0 Å². The lowest BCUT2D eigenvalue weighted by molar-refractivity contribution is 0.288. The van der Waals surface area contributed by atoms with Crippen molar-refractivity contribution >= 4 is 11.8 Å². The van der Waals surface area contributed by atoms with E-state index in [1.165, 1.54) is 24.0 Å². The molecule has 0 bridgehead atoms. The first-order chi connectivity index (χ1) is 8.76. The Morgan fingerprint density at radius 1 is 1.44 bits per heavy atom. The summed E-state index contributed by atoms with van der Waals surface area (Å²) in [6.45, 7) is 2.51. The number of aliphatic hydroxyl groups excluding tert-OH is 1. The van der Waals surface area contributed by atoms with Crippen LogP contribution in [0.2, 0.25) is 0 Å². The van der Waals surface area contributed by atoms with Crippen molar-refractivity contribution in [3.05, 3.63) is 35.4 Å². The maximum Gasteiger partial charge on any atom is 0.0441 e. The number of nitrogens with one attached hydrogen (secondary N) is 1. The fourth-order valence-corrected chi connectivity index (χ4v) is 4.30. The molecule has 3 heteroatoms. The molecule has 2 N–H and O–H groups in total. The summed E-state index contributed by atoms with van der Waals surface area (Å²) < 4.78 is 0. The molecule has 3 atom stereocenters. The molecule has 2 rings (SSSR count). The second-order valence-corrected chi connectivity index (χ2v) is 6.68. The third-order valence-corrected chi connectivity index (χ3v) is 5.27. The monoisotopic (exact) mass is 265 g/mol. The largest absolute Gasteiger partial charge is 0.396 e. The van der Waals surface area contributed by atoms with E-state index in [2.05, 4.69) is 43.6 Å². The number of thioether (sulfide) groups is 1. The third kappa shape index (κ3) is 3.08. The molecule has 0 radical (unpaired) electrons. The molecule has 18 heavy (non-hydrogen) atoms. The van der Waals surface area contributed by atoms with Gasteiger partial charge in [0.05, 0.1) is 0 Å². The smallest absolute Gasteiger partial charge is 0.0441 e. The van der Waals surface area contributed by atoms with Gasteiger partial charge in [-0.15, -0.1) is 0 Å². The SMILES string of the molecule is CNC1c2ccccc2CCC1SC(C)CCO. The Morgan fingerprint density at radius 2 is 2.22 bits per heavy atom. The molecule has 0 saturated carbocycles. The number of fused-ring (bicyclic) bond motifs is 1. The molecular weight excluding hydrogens is 242 g/mol. The van der Waals surface area contributed by atoms with Crippen molar-refractivity contribution < 1.29 is 5.11 Å². The summed E-state index contributed by atoms with van der Waals surface area (Å²) in [6.07, 6.45) is 3.29. The van der Waals surface area contributed by atoms with Gasteiger partial charge in [-0.2, -0.15) is 11.8 Å². The highest BCUT2D eigenvalue weighted by molar-refractivity contribution is 8.00. The molecule has 0 amide bonds. The van der Waals surface area contributed by atoms with E-state index < -0.39 is 0 Å². The molecule has 0 fully saturated rings. The van der Waals surface area contributed by atoms with E-state index in [1.807, 2.05) is 11.8 Å². The molecule has 0 spiro atoms. The van der Waals surface area contributed by atoms with Crippen LogP contribution in [0.4, 0.5) is 0 Å². The molecule has 0 aliphatic heterocycles. The van der Waals surface area contributed by atoms with Crippen molar-refractivity contribution in [1.82, 2.24) is 5.32 Å². The standard InChI is InChI=1S/C15H23NOS/c1-11(9-10-17)18-14-8-7-12-5-3-4-6-13(12)15(14)16-2/h3-6,11,14-17H,7-10H2,1-2H3. The second-order valence-electron chi connectivity index (χ2n) is 5.00. The molecule has 3 unspecified atom stereocenters. The lowest BCUT2D eigenvalue weighted by Crippen LogP contribution is -2.33. The molecule has 1 aromatic carbocycles. The Balaban J connectivity index is 2.10. The first-order valence-electron chi connectivity index (χ1n) is 6.77. The van der Waals surface area contributed by atoms with Crippen LogP contribution in [0.5, 0.6) is 0 Å². The van der Waals surface area contributed by atoms with Crippen molar-refractivity contribution in [2.24, 2.45) is 0 Å². The summed E-state index contributed by atoms with van der Waals surface area (Å²) in [7, 11) is 2.05. The van der Waals surface area contributed by atoms with Crippen LogP contribution in [-0.2, 0) is 6.42 Å². The van der Waals surface area contributed by atoms with E-state index in [1.54, 1.807) is 0 Å². The van der Waals surface area contributed by atoms with Crippen LogP contribution < -0.4 is 5.32 Å². The van der Waals surface area contributed by atoms with E-state index in [4.69, 9.17) is 5.11 Å². The molecule has 1 aliphatic carbocycles. The lowest BCUT2D eigenvalue weighted by Gasteiger charge is -2.34. The van der Waals surface area contributed by atoms with Crippen LogP contribution in [0.15, 0.2) is 24.3 Å². The van der Waals surface area contributed by atoms with Crippen LogP contribution >= 0.6 is 11.8 Å². The molecule has 1 aliphatic rings. The molecule has 2 nitrogen and oxygen atoms in total. The molecule has 0 heterocycles. The Bertz CT molecular complexity index is 383. The highest BCUT2D eigenvalue weighted by atomic mass is 32.2. The van der Waals surface area contributed by atoms with Crippen LogP contribution in [0, 0.1) is 0 Å². The van der Waals surface area contributed by atoms with Gasteiger partial charge >= 0.3 is 0 Å². The van der Waals surface area contributed by atoms with Gasteiger partial charge in [0, 0.05) is 23.1 Å². The zero-order valence-corrected chi connectivity index (χ0v) is 12.0. The van der Waals surface area contributed by atoms with Gasteiger partial charge < -0.3 is 10.4 Å². The van der Waals surface area contributed by atoms with Crippen LogP contribution in [0.1, 0.15) is 36.9 Å². The first kappa shape index (κ1) is 13.9. The number of benzene rings is 1. The summed E-state index contributed by atoms with van der Waals surface area (Å²) >= 11 is 2.02. The predicted molar refractivity (Wildman–Crippen MR) is 79.1 cm³/mol. The minimum Gasteiger partial charge on any atom is -0.396 e. The Kier molecular flexibility index (Phi) is 5.10. The number of hydrogen-bond donors (Lipinski definition) is 2. The van der Waals surface area contributed by atoms with Gasteiger partial charge in [0.2, 0.25) is 0 Å². The third-order valence-electron chi connectivity index (χ3n) is 3.71. The van der Waals surface area contributed by atoms with Gasteiger partial charge in [-0.25, -0.2) is 0 Å². The van der Waals surface area contributed by atoms with E-state index in [0.717, 1.165) is 6.42 Å². The van der Waals surface area contributed by atoms with Crippen LogP contribution in [0.25, 0.3) is 0 Å².